The Morgan fingerprint density at radius 3 is 2.30 bits per heavy atom. The smallest absolute Gasteiger partial charge is 0.338 e. The molecule has 0 aliphatic carbocycles. The van der Waals surface area contributed by atoms with Crippen molar-refractivity contribution in [3.05, 3.63) is 110 Å². The number of rotatable bonds is 7. The van der Waals surface area contributed by atoms with Crippen LogP contribution in [0.5, 0.6) is 0 Å². The molecule has 6 rings (SSSR count). The first-order chi connectivity index (χ1) is 20.8. The summed E-state index contributed by atoms with van der Waals surface area (Å²) < 4.78 is 6.35. The summed E-state index contributed by atoms with van der Waals surface area (Å²) >= 11 is 8.18. The summed E-state index contributed by atoms with van der Waals surface area (Å²) in [6.45, 7) is 1.67. The number of anilines is 2. The third-order valence-corrected chi connectivity index (χ3v) is 10.1. The van der Waals surface area contributed by atoms with Gasteiger partial charge in [0.25, 0.3) is 0 Å². The van der Waals surface area contributed by atoms with E-state index >= 15 is 0 Å². The van der Waals surface area contributed by atoms with Gasteiger partial charge in [-0.25, -0.2) is 9.69 Å². The highest BCUT2D eigenvalue weighted by atomic mass is 35.5. The SMILES string of the molecule is CCOC(=O)c1ccc(NC(=O)Cn2c3c(sc2=O)[C@@H](c2ccccc2)[C@H]2C(=O)N(c4ccc(Cl)cc4)C(=O)[C@H]2S3)cc1. The molecular weight excluding hydrogens is 610 g/mol. The highest BCUT2D eigenvalue weighted by Crippen LogP contribution is 2.53. The Morgan fingerprint density at radius 1 is 0.930 bits per heavy atom. The third-order valence-electron chi connectivity index (χ3n) is 7.27. The van der Waals surface area contributed by atoms with Crippen molar-refractivity contribution in [3.63, 3.8) is 0 Å². The molecule has 12 heteroatoms. The van der Waals surface area contributed by atoms with Gasteiger partial charge in [0.15, 0.2) is 0 Å². The van der Waals surface area contributed by atoms with Gasteiger partial charge in [0.05, 0.1) is 28.8 Å². The standard InChI is InChI=1S/C31H24ClN3O6S2/c1-2-41-30(39)18-8-12-20(13-9-18)33-22(36)16-34-29-26(43-31(34)40)23(17-6-4-3-5-7-17)24-25(42-29)28(38)35(27(24)37)21-14-10-19(32)11-15-21/h3-15,23-25H,2,16H2,1H3,(H,33,36)/t23-,24+,25-/m0/s1. The molecule has 0 bridgehead atoms. The fourth-order valence-corrected chi connectivity index (χ4v) is 8.27. The Hall–Kier alpha value is -4.19. The van der Waals surface area contributed by atoms with Crippen LogP contribution in [0.4, 0.5) is 11.4 Å². The van der Waals surface area contributed by atoms with Gasteiger partial charge in [-0.05, 0) is 61.0 Å². The molecule has 3 heterocycles. The van der Waals surface area contributed by atoms with E-state index in [1.54, 1.807) is 55.5 Å². The molecule has 2 aliphatic rings. The number of nitrogens with zero attached hydrogens (tertiary/aromatic N) is 2. The van der Waals surface area contributed by atoms with Crippen molar-refractivity contribution in [1.29, 1.82) is 0 Å². The summed E-state index contributed by atoms with van der Waals surface area (Å²) in [6, 6.07) is 22.1. The van der Waals surface area contributed by atoms with Crippen LogP contribution < -0.4 is 15.1 Å². The quantitative estimate of drug-likeness (QED) is 0.220. The summed E-state index contributed by atoms with van der Waals surface area (Å²) in [6.07, 6.45) is 0. The number of halogens is 1. The number of thioether (sulfide) groups is 1. The maximum Gasteiger partial charge on any atom is 0.338 e. The number of imide groups is 1. The largest absolute Gasteiger partial charge is 0.462 e. The summed E-state index contributed by atoms with van der Waals surface area (Å²) in [4.78, 5) is 67.5. The maximum atomic E-state index is 13.9. The monoisotopic (exact) mass is 633 g/mol. The van der Waals surface area contributed by atoms with Gasteiger partial charge in [-0.1, -0.05) is 65.0 Å². The van der Waals surface area contributed by atoms with Crippen molar-refractivity contribution < 1.29 is 23.9 Å². The summed E-state index contributed by atoms with van der Waals surface area (Å²) in [5.41, 5.74) is 2.03. The zero-order chi connectivity index (χ0) is 30.2. The van der Waals surface area contributed by atoms with Gasteiger partial charge in [0.2, 0.25) is 17.7 Å². The number of amides is 3. The molecule has 0 unspecified atom stereocenters. The van der Waals surface area contributed by atoms with Gasteiger partial charge in [0.1, 0.15) is 11.8 Å². The van der Waals surface area contributed by atoms with E-state index in [9.17, 15) is 24.0 Å². The van der Waals surface area contributed by atoms with Crippen molar-refractivity contribution in [3.8, 4) is 0 Å². The lowest BCUT2D eigenvalue weighted by Crippen LogP contribution is -2.33. The average Bonchev–Trinajstić information content (AvgIpc) is 3.44. The lowest BCUT2D eigenvalue weighted by molar-refractivity contribution is -0.122. The second-order valence-corrected chi connectivity index (χ2v) is 12.5. The molecule has 2 aliphatic heterocycles. The molecule has 1 N–H and O–H groups in total. The molecule has 1 aromatic heterocycles. The van der Waals surface area contributed by atoms with Crippen LogP contribution >= 0.6 is 34.7 Å². The first-order valence-electron chi connectivity index (χ1n) is 13.4. The van der Waals surface area contributed by atoms with Crippen LogP contribution in [-0.2, 0) is 25.7 Å². The van der Waals surface area contributed by atoms with Gasteiger partial charge in [-0.3, -0.25) is 23.7 Å². The molecule has 9 nitrogen and oxygen atoms in total. The Morgan fingerprint density at radius 2 is 1.63 bits per heavy atom. The number of hydrogen-bond acceptors (Lipinski definition) is 8. The lowest BCUT2D eigenvalue weighted by Gasteiger charge is -2.30. The molecule has 3 aromatic carbocycles. The summed E-state index contributed by atoms with van der Waals surface area (Å²) in [5.74, 6) is -2.93. The number of thiazole rings is 1. The fourth-order valence-electron chi connectivity index (χ4n) is 5.37. The molecule has 1 fully saturated rings. The van der Waals surface area contributed by atoms with Crippen LogP contribution in [0.3, 0.4) is 0 Å². The molecular formula is C31H24ClN3O6S2. The highest BCUT2D eigenvalue weighted by Gasteiger charge is 2.56. The number of benzene rings is 3. The van der Waals surface area contributed by atoms with Gasteiger partial charge in [-0.15, -0.1) is 0 Å². The predicted octanol–water partition coefficient (Wildman–Crippen LogP) is 5.17. The normalized spacial score (nSPS) is 19.1. The Bertz CT molecular complexity index is 1790. The van der Waals surface area contributed by atoms with E-state index < -0.39 is 29.0 Å². The minimum atomic E-state index is -0.792. The molecule has 43 heavy (non-hydrogen) atoms. The van der Waals surface area contributed by atoms with Crippen molar-refractivity contribution in [2.75, 3.05) is 16.8 Å². The average molecular weight is 634 g/mol. The summed E-state index contributed by atoms with van der Waals surface area (Å²) in [5, 5.41) is 2.94. The number of carbonyl (C=O) groups is 4. The van der Waals surface area contributed by atoms with Gasteiger partial charge in [0, 0.05) is 21.5 Å². The molecule has 3 atom stereocenters. The zero-order valence-corrected chi connectivity index (χ0v) is 25.1. The Labute approximate surface area is 259 Å². The minimum absolute atomic E-state index is 0.251. The van der Waals surface area contributed by atoms with Crippen LogP contribution in [0.15, 0.2) is 88.7 Å². The number of nitrogens with one attached hydrogen (secondary N) is 1. The molecule has 0 radical (unpaired) electrons. The van der Waals surface area contributed by atoms with Crippen molar-refractivity contribution in [2.24, 2.45) is 5.92 Å². The number of esters is 1. The van der Waals surface area contributed by atoms with E-state index in [2.05, 4.69) is 5.32 Å². The third kappa shape index (κ3) is 5.39. The number of aromatic nitrogens is 1. The molecule has 4 aromatic rings. The lowest BCUT2D eigenvalue weighted by atomic mass is 9.83. The van der Waals surface area contributed by atoms with E-state index in [4.69, 9.17) is 16.3 Å². The number of carbonyl (C=O) groups excluding carboxylic acids is 4. The van der Waals surface area contributed by atoms with Crippen molar-refractivity contribution >= 4 is 69.8 Å². The van der Waals surface area contributed by atoms with E-state index in [1.807, 2.05) is 30.3 Å². The summed E-state index contributed by atoms with van der Waals surface area (Å²) in [7, 11) is 0. The van der Waals surface area contributed by atoms with Crippen LogP contribution in [0, 0.1) is 5.92 Å². The van der Waals surface area contributed by atoms with Crippen molar-refractivity contribution in [2.45, 2.75) is 29.7 Å². The van der Waals surface area contributed by atoms with Gasteiger partial charge in [-0.2, -0.15) is 0 Å². The van der Waals surface area contributed by atoms with E-state index in [1.165, 1.54) is 9.47 Å². The zero-order valence-electron chi connectivity index (χ0n) is 22.7. The maximum absolute atomic E-state index is 13.9. The van der Waals surface area contributed by atoms with Crippen LogP contribution in [-0.4, -0.2) is 40.1 Å². The highest BCUT2D eigenvalue weighted by molar-refractivity contribution is 8.00. The van der Waals surface area contributed by atoms with Gasteiger partial charge < -0.3 is 10.1 Å². The Kier molecular flexibility index (Phi) is 7.95. The first kappa shape index (κ1) is 28.9. The van der Waals surface area contributed by atoms with E-state index in [-0.39, 0.29) is 29.8 Å². The predicted molar refractivity (Wildman–Crippen MR) is 165 cm³/mol. The van der Waals surface area contributed by atoms with E-state index in [0.717, 1.165) is 28.7 Å². The fraction of sp³-hybridized carbons (Fsp3) is 0.194. The molecule has 218 valence electrons. The van der Waals surface area contributed by atoms with Crippen molar-refractivity contribution in [1.82, 2.24) is 4.57 Å². The Balaban J connectivity index is 1.32. The molecule has 0 spiro atoms. The topological polar surface area (TPSA) is 115 Å². The number of fused-ring (bicyclic) bond motifs is 2. The van der Waals surface area contributed by atoms with Crippen LogP contribution in [0.2, 0.25) is 5.02 Å². The first-order valence-corrected chi connectivity index (χ1v) is 15.5. The minimum Gasteiger partial charge on any atom is -0.462 e. The molecule has 3 amide bonds. The van der Waals surface area contributed by atoms with Gasteiger partial charge >= 0.3 is 10.8 Å². The molecule has 0 saturated carbocycles. The van der Waals surface area contributed by atoms with Crippen LogP contribution in [0.1, 0.15) is 33.6 Å². The number of hydrogen-bond donors (Lipinski definition) is 1. The molecule has 1 saturated heterocycles. The van der Waals surface area contributed by atoms with E-state index in [0.29, 0.717) is 31.9 Å². The van der Waals surface area contributed by atoms with Crippen LogP contribution in [0.25, 0.3) is 0 Å². The second-order valence-electron chi connectivity index (χ2n) is 9.91. The second kappa shape index (κ2) is 11.8. The number of ether oxygens (including phenoxy) is 1.